The van der Waals surface area contributed by atoms with Crippen LogP contribution in [0.25, 0.3) is 0 Å². The second kappa shape index (κ2) is 5.66. The summed E-state index contributed by atoms with van der Waals surface area (Å²) in [6.45, 7) is 0. The summed E-state index contributed by atoms with van der Waals surface area (Å²) in [7, 11) is 1.67. The van der Waals surface area contributed by atoms with Crippen LogP contribution in [-0.2, 0) is 0 Å². The van der Waals surface area contributed by atoms with E-state index in [9.17, 15) is 19.3 Å². The Morgan fingerprint density at radius 2 is 2.30 bits per heavy atom. The molecule has 0 bridgehead atoms. The highest BCUT2D eigenvalue weighted by molar-refractivity contribution is 7.99. The maximum atomic E-state index is 13.6. The molecule has 1 unspecified atom stereocenters. The predicted octanol–water partition coefficient (Wildman–Crippen LogP) is 2.37. The van der Waals surface area contributed by atoms with Crippen molar-refractivity contribution in [1.29, 1.82) is 0 Å². The molecule has 0 radical (unpaired) electrons. The summed E-state index contributed by atoms with van der Waals surface area (Å²) in [5.74, 6) is -0.765. The standard InChI is InChI=1S/C12H13FN2O4S/c1-14(7-2-3-20-6-7)10-4-8(12(16)17)9(13)5-11(10)15(18)19/h4-5,7H,2-3,6H2,1H3,(H,16,17). The van der Waals surface area contributed by atoms with Gasteiger partial charge >= 0.3 is 5.97 Å². The number of halogens is 1. The highest BCUT2D eigenvalue weighted by Crippen LogP contribution is 2.34. The largest absolute Gasteiger partial charge is 0.478 e. The van der Waals surface area contributed by atoms with Gasteiger partial charge in [0.25, 0.3) is 5.69 Å². The summed E-state index contributed by atoms with van der Waals surface area (Å²) >= 11 is 1.73. The van der Waals surface area contributed by atoms with Gasteiger partial charge in [-0.25, -0.2) is 9.18 Å². The fourth-order valence-electron chi connectivity index (χ4n) is 2.17. The number of anilines is 1. The van der Waals surface area contributed by atoms with Crippen LogP contribution in [0.1, 0.15) is 16.8 Å². The number of hydrogen-bond acceptors (Lipinski definition) is 5. The highest BCUT2D eigenvalue weighted by atomic mass is 32.2. The Balaban J connectivity index is 2.50. The lowest BCUT2D eigenvalue weighted by Crippen LogP contribution is -2.32. The molecule has 2 rings (SSSR count). The van der Waals surface area contributed by atoms with E-state index in [-0.39, 0.29) is 11.7 Å². The molecule has 1 heterocycles. The highest BCUT2D eigenvalue weighted by Gasteiger charge is 2.28. The molecule has 108 valence electrons. The predicted molar refractivity (Wildman–Crippen MR) is 74.1 cm³/mol. The lowest BCUT2D eigenvalue weighted by molar-refractivity contribution is -0.384. The molecule has 0 saturated carbocycles. The molecule has 1 aliphatic rings. The molecule has 20 heavy (non-hydrogen) atoms. The number of carboxylic acids is 1. The molecule has 1 N–H and O–H groups in total. The molecule has 0 aromatic heterocycles. The third-order valence-electron chi connectivity index (χ3n) is 3.32. The van der Waals surface area contributed by atoms with Crippen LogP contribution in [0.3, 0.4) is 0 Å². The number of hydrogen-bond donors (Lipinski definition) is 1. The number of nitrogens with zero attached hydrogens (tertiary/aromatic N) is 2. The molecule has 1 atom stereocenters. The van der Waals surface area contributed by atoms with E-state index in [1.54, 1.807) is 23.7 Å². The van der Waals surface area contributed by atoms with E-state index in [1.165, 1.54) is 0 Å². The molecule has 1 aromatic rings. The summed E-state index contributed by atoms with van der Waals surface area (Å²) in [5, 5.41) is 20.0. The lowest BCUT2D eigenvalue weighted by atomic mass is 10.1. The van der Waals surface area contributed by atoms with Crippen LogP contribution in [-0.4, -0.2) is 40.6 Å². The molecule has 6 nitrogen and oxygen atoms in total. The average Bonchev–Trinajstić information content (AvgIpc) is 2.90. The van der Waals surface area contributed by atoms with Gasteiger partial charge in [0.15, 0.2) is 0 Å². The van der Waals surface area contributed by atoms with Crippen LogP contribution < -0.4 is 4.90 Å². The van der Waals surface area contributed by atoms with Crippen LogP contribution in [0, 0.1) is 15.9 Å². The minimum Gasteiger partial charge on any atom is -0.478 e. The van der Waals surface area contributed by atoms with Gasteiger partial charge in [-0.1, -0.05) is 0 Å². The van der Waals surface area contributed by atoms with E-state index in [0.29, 0.717) is 6.07 Å². The van der Waals surface area contributed by atoms with Crippen molar-refractivity contribution < 1.29 is 19.2 Å². The number of rotatable bonds is 4. The van der Waals surface area contributed by atoms with Crippen molar-refractivity contribution in [1.82, 2.24) is 0 Å². The van der Waals surface area contributed by atoms with Gasteiger partial charge in [-0.15, -0.1) is 0 Å². The number of benzene rings is 1. The fraction of sp³-hybridized carbons (Fsp3) is 0.417. The molecular weight excluding hydrogens is 287 g/mol. The summed E-state index contributed by atoms with van der Waals surface area (Å²) in [6.07, 6.45) is 0.859. The maximum absolute atomic E-state index is 13.6. The third-order valence-corrected chi connectivity index (χ3v) is 4.47. The smallest absolute Gasteiger partial charge is 0.338 e. The zero-order chi connectivity index (χ0) is 14.9. The van der Waals surface area contributed by atoms with Crippen molar-refractivity contribution >= 4 is 29.1 Å². The topological polar surface area (TPSA) is 83.7 Å². The van der Waals surface area contributed by atoms with E-state index < -0.39 is 28.0 Å². The Kier molecular flexibility index (Phi) is 4.12. The van der Waals surface area contributed by atoms with Gasteiger partial charge in [-0.3, -0.25) is 10.1 Å². The van der Waals surface area contributed by atoms with Crippen LogP contribution in [0.4, 0.5) is 15.8 Å². The Morgan fingerprint density at radius 1 is 1.60 bits per heavy atom. The van der Waals surface area contributed by atoms with Gasteiger partial charge in [0.05, 0.1) is 16.6 Å². The van der Waals surface area contributed by atoms with Gasteiger partial charge in [0.2, 0.25) is 0 Å². The van der Waals surface area contributed by atoms with Gasteiger partial charge in [-0.2, -0.15) is 11.8 Å². The first-order valence-electron chi connectivity index (χ1n) is 5.93. The summed E-state index contributed by atoms with van der Waals surface area (Å²) < 4.78 is 13.6. The average molecular weight is 300 g/mol. The van der Waals surface area contributed by atoms with Crippen LogP contribution in [0.15, 0.2) is 12.1 Å². The summed E-state index contributed by atoms with van der Waals surface area (Å²) in [5.41, 5.74) is -0.823. The zero-order valence-corrected chi connectivity index (χ0v) is 11.5. The second-order valence-corrected chi connectivity index (χ2v) is 5.66. The number of carbonyl (C=O) groups is 1. The Bertz CT molecular complexity index is 561. The van der Waals surface area contributed by atoms with Crippen molar-refractivity contribution in [3.8, 4) is 0 Å². The number of nitro groups is 1. The van der Waals surface area contributed by atoms with E-state index in [2.05, 4.69) is 0 Å². The van der Waals surface area contributed by atoms with Crippen molar-refractivity contribution in [3.63, 3.8) is 0 Å². The Morgan fingerprint density at radius 3 is 2.80 bits per heavy atom. The molecule has 1 aliphatic heterocycles. The van der Waals surface area contributed by atoms with Crippen LogP contribution >= 0.6 is 11.8 Å². The number of carboxylic acid groups (broad SMARTS) is 1. The van der Waals surface area contributed by atoms with Gasteiger partial charge in [-0.05, 0) is 18.2 Å². The quantitative estimate of drug-likeness (QED) is 0.679. The van der Waals surface area contributed by atoms with Crippen molar-refractivity contribution in [3.05, 3.63) is 33.6 Å². The number of aromatic carboxylic acids is 1. The number of thioether (sulfide) groups is 1. The molecule has 1 saturated heterocycles. The number of nitro benzene ring substituents is 1. The van der Waals surface area contributed by atoms with E-state index >= 15 is 0 Å². The zero-order valence-electron chi connectivity index (χ0n) is 10.7. The normalized spacial score (nSPS) is 18.0. The summed E-state index contributed by atoms with van der Waals surface area (Å²) in [6, 6.07) is 1.81. The molecule has 0 amide bonds. The molecule has 0 spiro atoms. The molecule has 0 aliphatic carbocycles. The maximum Gasteiger partial charge on any atom is 0.338 e. The van der Waals surface area contributed by atoms with Gasteiger partial charge < -0.3 is 10.0 Å². The molecule has 1 fully saturated rings. The van der Waals surface area contributed by atoms with E-state index in [4.69, 9.17) is 5.11 Å². The lowest BCUT2D eigenvalue weighted by Gasteiger charge is -2.25. The first-order valence-corrected chi connectivity index (χ1v) is 7.09. The third kappa shape index (κ3) is 2.69. The summed E-state index contributed by atoms with van der Waals surface area (Å²) in [4.78, 5) is 23.0. The fourth-order valence-corrected chi connectivity index (χ4v) is 3.44. The van der Waals surface area contributed by atoms with E-state index in [1.807, 2.05) is 0 Å². The second-order valence-electron chi connectivity index (χ2n) is 4.51. The Labute approximate surface area is 118 Å². The van der Waals surface area contributed by atoms with Crippen molar-refractivity contribution in [2.45, 2.75) is 12.5 Å². The van der Waals surface area contributed by atoms with Crippen LogP contribution in [0.2, 0.25) is 0 Å². The SMILES string of the molecule is CN(c1cc(C(=O)O)c(F)cc1[N+](=O)[O-])C1CCSC1. The van der Waals surface area contributed by atoms with Crippen LogP contribution in [0.5, 0.6) is 0 Å². The minimum atomic E-state index is -1.44. The molecule has 1 aromatic carbocycles. The van der Waals surface area contributed by atoms with E-state index in [0.717, 1.165) is 24.0 Å². The first-order chi connectivity index (χ1) is 9.41. The molecule has 8 heteroatoms. The molecular formula is C12H13FN2O4S. The van der Waals surface area contributed by atoms with Crippen molar-refractivity contribution in [2.24, 2.45) is 0 Å². The first kappa shape index (κ1) is 14.6. The monoisotopic (exact) mass is 300 g/mol. The minimum absolute atomic E-state index is 0.0887. The van der Waals surface area contributed by atoms with Crippen molar-refractivity contribution in [2.75, 3.05) is 23.5 Å². The Hall–Kier alpha value is -1.83. The van der Waals surface area contributed by atoms with Gasteiger partial charge in [0.1, 0.15) is 11.5 Å². The van der Waals surface area contributed by atoms with Gasteiger partial charge in [0, 0.05) is 18.8 Å².